The van der Waals surface area contributed by atoms with Crippen LogP contribution < -0.4 is 11.1 Å². The molecule has 1 amide bonds. The fourth-order valence-electron chi connectivity index (χ4n) is 3.21. The summed E-state index contributed by atoms with van der Waals surface area (Å²) in [6.45, 7) is 0.873. The van der Waals surface area contributed by atoms with Crippen molar-refractivity contribution in [3.8, 4) is 0 Å². The topological polar surface area (TPSA) is 92.5 Å². The Balaban J connectivity index is 0.00000192. The van der Waals surface area contributed by atoms with E-state index in [4.69, 9.17) is 5.73 Å². The van der Waals surface area contributed by atoms with Crippen LogP contribution in [0.4, 0.5) is 5.69 Å². The number of halogens is 1. The minimum absolute atomic E-state index is 0. The second-order valence-electron chi connectivity index (χ2n) is 5.87. The number of amides is 1. The third-order valence-corrected chi connectivity index (χ3v) is 6.35. The Kier molecular flexibility index (Phi) is 5.67. The molecule has 6 nitrogen and oxygen atoms in total. The number of carbonyl (C=O) groups excluding carboxylic acids is 1. The van der Waals surface area contributed by atoms with Gasteiger partial charge in [-0.25, -0.2) is 8.42 Å². The van der Waals surface area contributed by atoms with Crippen molar-refractivity contribution in [3.63, 3.8) is 0 Å². The van der Waals surface area contributed by atoms with Crippen molar-refractivity contribution < 1.29 is 13.2 Å². The molecule has 2 aliphatic heterocycles. The van der Waals surface area contributed by atoms with Crippen LogP contribution in [0.25, 0.3) is 0 Å². The van der Waals surface area contributed by atoms with Gasteiger partial charge in [0, 0.05) is 31.2 Å². The van der Waals surface area contributed by atoms with Crippen molar-refractivity contribution in [2.45, 2.75) is 43.0 Å². The zero-order chi connectivity index (χ0) is 15.7. The number of nitrogens with zero attached hydrogens (tertiary/aromatic N) is 1. The Morgan fingerprint density at radius 2 is 2.04 bits per heavy atom. The molecule has 0 radical (unpaired) electrons. The van der Waals surface area contributed by atoms with E-state index in [1.807, 2.05) is 0 Å². The molecule has 3 N–H and O–H groups in total. The molecular formula is C15H22ClN3O3S. The molecule has 23 heavy (non-hydrogen) atoms. The molecule has 2 heterocycles. The van der Waals surface area contributed by atoms with Crippen LogP contribution >= 0.6 is 12.4 Å². The molecule has 1 atom stereocenters. The molecule has 8 heteroatoms. The van der Waals surface area contributed by atoms with Gasteiger partial charge in [0.05, 0.1) is 4.90 Å². The molecule has 2 aliphatic rings. The highest BCUT2D eigenvalue weighted by molar-refractivity contribution is 7.89. The number of fused-ring (bicyclic) bond motifs is 1. The number of sulfonamides is 1. The average Bonchev–Trinajstić information content (AvgIpc) is 2.90. The molecule has 3 rings (SSSR count). The summed E-state index contributed by atoms with van der Waals surface area (Å²) in [7, 11) is -3.52. The van der Waals surface area contributed by atoms with Crippen LogP contribution in [0.1, 0.15) is 31.2 Å². The first kappa shape index (κ1) is 18.2. The number of hydrogen-bond acceptors (Lipinski definition) is 4. The maximum atomic E-state index is 12.8. The van der Waals surface area contributed by atoms with Gasteiger partial charge in [0.1, 0.15) is 0 Å². The monoisotopic (exact) mass is 359 g/mol. The van der Waals surface area contributed by atoms with Crippen LogP contribution in [0.3, 0.4) is 0 Å². The van der Waals surface area contributed by atoms with E-state index in [9.17, 15) is 13.2 Å². The maximum absolute atomic E-state index is 12.8. The third kappa shape index (κ3) is 3.52. The Labute approximate surface area is 142 Å². The number of hydrogen-bond donors (Lipinski definition) is 2. The standard InChI is InChI=1S/C15H21N3O3S.ClH/c16-10-12-4-2-8-18(12)22(20,21)13-6-7-14-11(9-13)3-1-5-15(19)17-14;/h6-7,9,12H,1-5,8,10,16H2,(H,17,19);1H. The highest BCUT2D eigenvalue weighted by Gasteiger charge is 2.34. The summed E-state index contributed by atoms with van der Waals surface area (Å²) >= 11 is 0. The van der Waals surface area contributed by atoms with Gasteiger partial charge in [-0.1, -0.05) is 0 Å². The number of benzene rings is 1. The van der Waals surface area contributed by atoms with Gasteiger partial charge < -0.3 is 11.1 Å². The largest absolute Gasteiger partial charge is 0.329 e. The van der Waals surface area contributed by atoms with Gasteiger partial charge in [0.25, 0.3) is 0 Å². The van der Waals surface area contributed by atoms with Gasteiger partial charge in [-0.05, 0) is 49.4 Å². The lowest BCUT2D eigenvalue weighted by Crippen LogP contribution is -2.39. The van der Waals surface area contributed by atoms with E-state index in [0.29, 0.717) is 30.8 Å². The van der Waals surface area contributed by atoms with Crippen LogP contribution in [0, 0.1) is 0 Å². The average molecular weight is 360 g/mol. The van der Waals surface area contributed by atoms with Gasteiger partial charge in [0.15, 0.2) is 0 Å². The second-order valence-corrected chi connectivity index (χ2v) is 7.76. The zero-order valence-corrected chi connectivity index (χ0v) is 14.5. The predicted molar refractivity (Wildman–Crippen MR) is 91.2 cm³/mol. The van der Waals surface area contributed by atoms with Gasteiger partial charge in [0.2, 0.25) is 15.9 Å². The first-order valence-electron chi connectivity index (χ1n) is 7.67. The van der Waals surface area contributed by atoms with E-state index in [1.54, 1.807) is 18.2 Å². The van der Waals surface area contributed by atoms with Gasteiger partial charge in [-0.3, -0.25) is 4.79 Å². The minimum Gasteiger partial charge on any atom is -0.329 e. The number of nitrogens with two attached hydrogens (primary N) is 1. The second kappa shape index (κ2) is 7.17. The molecule has 1 saturated heterocycles. The van der Waals surface area contributed by atoms with E-state index < -0.39 is 10.0 Å². The number of carbonyl (C=O) groups is 1. The first-order chi connectivity index (χ1) is 10.5. The van der Waals surface area contributed by atoms with E-state index in [2.05, 4.69) is 5.32 Å². The van der Waals surface area contributed by atoms with Crippen molar-refractivity contribution in [1.82, 2.24) is 4.31 Å². The molecule has 0 bridgehead atoms. The van der Waals surface area contributed by atoms with Crippen molar-refractivity contribution in [3.05, 3.63) is 23.8 Å². The van der Waals surface area contributed by atoms with Gasteiger partial charge in [-0.15, -0.1) is 12.4 Å². The third-order valence-electron chi connectivity index (χ3n) is 4.40. The summed E-state index contributed by atoms with van der Waals surface area (Å²) in [5.74, 6) is -0.0166. The summed E-state index contributed by atoms with van der Waals surface area (Å²) in [4.78, 5) is 11.9. The van der Waals surface area contributed by atoms with Gasteiger partial charge >= 0.3 is 0 Å². The van der Waals surface area contributed by atoms with Crippen molar-refractivity contribution in [1.29, 1.82) is 0 Å². The summed E-state index contributed by atoms with van der Waals surface area (Å²) in [5.41, 5.74) is 7.30. The lowest BCUT2D eigenvalue weighted by atomic mass is 10.1. The number of aryl methyl sites for hydroxylation is 1. The fraction of sp³-hybridized carbons (Fsp3) is 0.533. The van der Waals surface area contributed by atoms with E-state index in [1.165, 1.54) is 4.31 Å². The molecule has 128 valence electrons. The highest BCUT2D eigenvalue weighted by Crippen LogP contribution is 2.29. The first-order valence-corrected chi connectivity index (χ1v) is 9.11. The van der Waals surface area contributed by atoms with Gasteiger partial charge in [-0.2, -0.15) is 4.31 Å². The highest BCUT2D eigenvalue weighted by atomic mass is 35.5. The lowest BCUT2D eigenvalue weighted by Gasteiger charge is -2.23. The number of anilines is 1. The Morgan fingerprint density at radius 3 is 2.78 bits per heavy atom. The molecule has 1 aromatic rings. The molecule has 1 fully saturated rings. The minimum atomic E-state index is -3.52. The summed E-state index contributed by atoms with van der Waals surface area (Å²) < 4.78 is 27.2. The fourth-order valence-corrected chi connectivity index (χ4v) is 4.96. The van der Waals surface area contributed by atoms with E-state index in [-0.39, 0.29) is 24.4 Å². The lowest BCUT2D eigenvalue weighted by molar-refractivity contribution is -0.116. The van der Waals surface area contributed by atoms with Crippen molar-refractivity contribution in [2.75, 3.05) is 18.4 Å². The zero-order valence-electron chi connectivity index (χ0n) is 12.8. The summed E-state index contributed by atoms with van der Waals surface area (Å²) in [6, 6.07) is 4.86. The smallest absolute Gasteiger partial charge is 0.243 e. The predicted octanol–water partition coefficient (Wildman–Crippen LogP) is 1.50. The Hall–Kier alpha value is -1.15. The SMILES string of the molecule is Cl.NCC1CCCN1S(=O)(=O)c1ccc2c(c1)CCCC(=O)N2. The molecular weight excluding hydrogens is 338 g/mol. The molecule has 1 aromatic carbocycles. The molecule has 0 spiro atoms. The van der Waals surface area contributed by atoms with Crippen LogP contribution in [-0.4, -0.2) is 37.8 Å². The number of nitrogens with one attached hydrogen (secondary N) is 1. The summed E-state index contributed by atoms with van der Waals surface area (Å²) in [5, 5.41) is 2.82. The van der Waals surface area contributed by atoms with Crippen molar-refractivity contribution >= 4 is 34.0 Å². The number of rotatable bonds is 3. The van der Waals surface area contributed by atoms with Crippen LogP contribution in [0.2, 0.25) is 0 Å². The Morgan fingerprint density at radius 1 is 1.26 bits per heavy atom. The molecule has 1 unspecified atom stereocenters. The van der Waals surface area contributed by atoms with E-state index in [0.717, 1.165) is 30.5 Å². The summed E-state index contributed by atoms with van der Waals surface area (Å²) in [6.07, 6.45) is 3.58. The van der Waals surface area contributed by atoms with Crippen LogP contribution in [0.5, 0.6) is 0 Å². The van der Waals surface area contributed by atoms with Crippen molar-refractivity contribution in [2.24, 2.45) is 5.73 Å². The van der Waals surface area contributed by atoms with Crippen LogP contribution in [-0.2, 0) is 21.2 Å². The molecule has 0 saturated carbocycles. The molecule has 0 aromatic heterocycles. The quantitative estimate of drug-likeness (QED) is 0.855. The molecule has 0 aliphatic carbocycles. The van der Waals surface area contributed by atoms with E-state index >= 15 is 0 Å². The Bertz CT molecular complexity index is 693. The van der Waals surface area contributed by atoms with Crippen LogP contribution in [0.15, 0.2) is 23.1 Å². The normalized spacial score (nSPS) is 22.0. The maximum Gasteiger partial charge on any atom is 0.243 e.